The molecule has 0 bridgehead atoms. The van der Waals surface area contributed by atoms with E-state index in [2.05, 4.69) is 0 Å². The van der Waals surface area contributed by atoms with Crippen LogP contribution in [0, 0.1) is 20.2 Å². The van der Waals surface area contributed by atoms with Crippen LogP contribution < -0.4 is 0 Å². The van der Waals surface area contributed by atoms with Crippen molar-refractivity contribution in [3.63, 3.8) is 0 Å². The van der Waals surface area contributed by atoms with Gasteiger partial charge in [0.2, 0.25) is 0 Å². The van der Waals surface area contributed by atoms with E-state index in [1.165, 1.54) is 12.1 Å². The number of rotatable bonds is 10. The molecule has 0 unspecified atom stereocenters. The molecule has 0 aliphatic heterocycles. The summed E-state index contributed by atoms with van der Waals surface area (Å²) in [5, 5.41) is 21.4. The highest BCUT2D eigenvalue weighted by molar-refractivity contribution is 7.87. The van der Waals surface area contributed by atoms with Gasteiger partial charge in [0.15, 0.2) is 0 Å². The summed E-state index contributed by atoms with van der Waals surface area (Å²) in [7, 11) is -8.57. The Morgan fingerprint density at radius 3 is 1.45 bits per heavy atom. The van der Waals surface area contributed by atoms with Crippen LogP contribution in [0.5, 0.6) is 0 Å². The van der Waals surface area contributed by atoms with Crippen LogP contribution in [0.25, 0.3) is 0 Å². The van der Waals surface area contributed by atoms with Crippen molar-refractivity contribution in [1.82, 2.24) is 0 Å². The molecule has 0 aliphatic carbocycles. The van der Waals surface area contributed by atoms with Gasteiger partial charge in [-0.25, -0.2) is 0 Å². The molecule has 29 heavy (non-hydrogen) atoms. The van der Waals surface area contributed by atoms with Gasteiger partial charge in [0.05, 0.1) is 23.1 Å². The van der Waals surface area contributed by atoms with Gasteiger partial charge < -0.3 is 0 Å². The molecule has 0 N–H and O–H groups in total. The Bertz CT molecular complexity index is 1040. The van der Waals surface area contributed by atoms with Crippen molar-refractivity contribution in [2.45, 2.75) is 16.2 Å². The van der Waals surface area contributed by atoms with Crippen LogP contribution in [0.15, 0.2) is 58.3 Å². The van der Waals surface area contributed by atoms with E-state index in [1.807, 2.05) is 0 Å². The molecule has 0 aliphatic rings. The lowest BCUT2D eigenvalue weighted by Crippen LogP contribution is -2.12. The van der Waals surface area contributed by atoms with E-state index in [-0.39, 0.29) is 6.42 Å². The zero-order valence-electron chi connectivity index (χ0n) is 14.5. The summed E-state index contributed by atoms with van der Waals surface area (Å²) >= 11 is 0. The van der Waals surface area contributed by atoms with Gasteiger partial charge >= 0.3 is 0 Å². The standard InChI is InChI=1S/C15H14N2O10S2/c18-16(19)12-4-1-6-14(10-12)28(22,23)26-8-3-9-27-29(24,25)15-7-2-5-13(11-15)17(20)21/h1-2,4-7,10-11H,3,8-9H2. The molecule has 0 saturated heterocycles. The molecule has 0 saturated carbocycles. The molecule has 0 atom stereocenters. The fraction of sp³-hybridized carbons (Fsp3) is 0.200. The lowest BCUT2D eigenvalue weighted by Gasteiger charge is -2.07. The van der Waals surface area contributed by atoms with Crippen molar-refractivity contribution >= 4 is 31.6 Å². The first-order valence-electron chi connectivity index (χ1n) is 7.81. The van der Waals surface area contributed by atoms with Crippen molar-refractivity contribution in [3.05, 3.63) is 68.8 Å². The van der Waals surface area contributed by atoms with Gasteiger partial charge in [-0.2, -0.15) is 16.8 Å². The lowest BCUT2D eigenvalue weighted by molar-refractivity contribution is -0.385. The summed E-state index contributed by atoms with van der Waals surface area (Å²) in [6, 6.07) is 8.50. The summed E-state index contributed by atoms with van der Waals surface area (Å²) in [5.74, 6) is 0. The number of benzene rings is 2. The molecule has 2 aromatic rings. The number of nitro groups is 2. The van der Waals surface area contributed by atoms with Gasteiger partial charge in [-0.05, 0) is 18.6 Å². The van der Waals surface area contributed by atoms with Gasteiger partial charge in [-0.1, -0.05) is 12.1 Å². The summed E-state index contributed by atoms with van der Waals surface area (Å²) in [6.07, 6.45) is -0.150. The summed E-state index contributed by atoms with van der Waals surface area (Å²) in [5.41, 5.74) is -0.859. The second-order valence-corrected chi connectivity index (χ2v) is 8.65. The van der Waals surface area contributed by atoms with E-state index in [4.69, 9.17) is 8.37 Å². The third kappa shape index (κ3) is 6.02. The third-order valence-corrected chi connectivity index (χ3v) is 6.02. The Morgan fingerprint density at radius 1 is 0.724 bits per heavy atom. The summed E-state index contributed by atoms with van der Waals surface area (Å²) in [4.78, 5) is 19.1. The van der Waals surface area contributed by atoms with Crippen LogP contribution >= 0.6 is 0 Å². The maximum Gasteiger partial charge on any atom is 0.297 e. The first-order valence-corrected chi connectivity index (χ1v) is 10.6. The number of hydrogen-bond acceptors (Lipinski definition) is 10. The Balaban J connectivity index is 1.92. The van der Waals surface area contributed by atoms with Crippen LogP contribution in [0.4, 0.5) is 11.4 Å². The fourth-order valence-electron chi connectivity index (χ4n) is 2.04. The molecule has 2 rings (SSSR count). The highest BCUT2D eigenvalue weighted by Crippen LogP contribution is 2.20. The average molecular weight is 446 g/mol. The molecule has 0 fully saturated rings. The molecule has 156 valence electrons. The Labute approximate surface area is 165 Å². The minimum atomic E-state index is -4.28. The fourth-order valence-corrected chi connectivity index (χ4v) is 4.00. The van der Waals surface area contributed by atoms with Gasteiger partial charge in [-0.15, -0.1) is 0 Å². The second-order valence-electron chi connectivity index (χ2n) is 5.41. The monoisotopic (exact) mass is 446 g/mol. The van der Waals surface area contributed by atoms with Gasteiger partial charge in [0.1, 0.15) is 9.79 Å². The molecular formula is C15H14N2O10S2. The van der Waals surface area contributed by atoms with E-state index in [0.717, 1.165) is 36.4 Å². The number of non-ortho nitro benzene ring substituents is 2. The number of nitrogens with zero attached hydrogens (tertiary/aromatic N) is 2. The van der Waals surface area contributed by atoms with E-state index >= 15 is 0 Å². The average Bonchev–Trinajstić information content (AvgIpc) is 2.67. The minimum absolute atomic E-state index is 0.150. The van der Waals surface area contributed by atoms with E-state index in [9.17, 15) is 37.1 Å². The van der Waals surface area contributed by atoms with E-state index in [1.54, 1.807) is 0 Å². The van der Waals surface area contributed by atoms with Crippen molar-refractivity contribution in [1.29, 1.82) is 0 Å². The summed E-state index contributed by atoms with van der Waals surface area (Å²) < 4.78 is 57.5. The topological polar surface area (TPSA) is 173 Å². The Kier molecular flexibility index (Phi) is 6.97. The summed E-state index contributed by atoms with van der Waals surface area (Å²) in [6.45, 7) is -0.898. The Hall–Kier alpha value is -2.94. The van der Waals surface area contributed by atoms with E-state index < -0.39 is 64.5 Å². The molecular weight excluding hydrogens is 432 g/mol. The first-order chi connectivity index (χ1) is 13.5. The zero-order chi connectivity index (χ0) is 21.7. The van der Waals surface area contributed by atoms with Crippen LogP contribution in [0.3, 0.4) is 0 Å². The van der Waals surface area contributed by atoms with Crippen LogP contribution in [0.2, 0.25) is 0 Å². The van der Waals surface area contributed by atoms with Crippen LogP contribution in [-0.2, 0) is 28.6 Å². The normalized spacial score (nSPS) is 11.9. The van der Waals surface area contributed by atoms with Crippen LogP contribution in [0.1, 0.15) is 6.42 Å². The predicted molar refractivity (Wildman–Crippen MR) is 97.1 cm³/mol. The smallest absolute Gasteiger partial charge is 0.266 e. The maximum absolute atomic E-state index is 12.0. The minimum Gasteiger partial charge on any atom is -0.266 e. The quantitative estimate of drug-likeness (QED) is 0.227. The number of nitro benzene ring substituents is 2. The third-order valence-electron chi connectivity index (χ3n) is 3.40. The SMILES string of the molecule is O=[N+]([O-])c1cccc(S(=O)(=O)OCCCOS(=O)(=O)c2cccc([N+](=O)[O-])c2)c1. The lowest BCUT2D eigenvalue weighted by atomic mass is 10.3. The number of hydrogen-bond donors (Lipinski definition) is 0. The molecule has 2 aromatic carbocycles. The van der Waals surface area contributed by atoms with E-state index in [0.29, 0.717) is 0 Å². The second kappa shape index (κ2) is 9.04. The highest BCUT2D eigenvalue weighted by Gasteiger charge is 2.20. The molecule has 0 heterocycles. The molecule has 12 nitrogen and oxygen atoms in total. The maximum atomic E-state index is 12.0. The van der Waals surface area contributed by atoms with Crippen molar-refractivity contribution < 1.29 is 35.0 Å². The van der Waals surface area contributed by atoms with Gasteiger partial charge in [0, 0.05) is 24.3 Å². The predicted octanol–water partition coefficient (Wildman–Crippen LogP) is 2.00. The van der Waals surface area contributed by atoms with Gasteiger partial charge in [-0.3, -0.25) is 28.6 Å². The van der Waals surface area contributed by atoms with Crippen LogP contribution in [-0.4, -0.2) is 39.9 Å². The first kappa shape index (κ1) is 22.4. The molecule has 0 aromatic heterocycles. The van der Waals surface area contributed by atoms with Gasteiger partial charge in [0.25, 0.3) is 31.6 Å². The molecule has 0 amide bonds. The largest absolute Gasteiger partial charge is 0.297 e. The molecule has 14 heteroatoms. The van der Waals surface area contributed by atoms with Crippen molar-refractivity contribution in [2.75, 3.05) is 13.2 Å². The van der Waals surface area contributed by atoms with Crippen molar-refractivity contribution in [2.24, 2.45) is 0 Å². The Morgan fingerprint density at radius 2 is 1.10 bits per heavy atom. The zero-order valence-corrected chi connectivity index (χ0v) is 16.2. The molecule has 0 spiro atoms. The van der Waals surface area contributed by atoms with Crippen molar-refractivity contribution in [3.8, 4) is 0 Å². The highest BCUT2D eigenvalue weighted by atomic mass is 32.2. The molecule has 0 radical (unpaired) electrons.